The van der Waals surface area contributed by atoms with Crippen LogP contribution in [0.15, 0.2) is 24.3 Å². The standard InChI is InChI=1S/C14H21NO3/c1-4-18-14(16)11(2)9-15-10-12-5-7-13(17-3)8-6-12/h5-8,11,15H,4,9-10H2,1-3H3. The molecule has 1 aromatic carbocycles. The van der Waals surface area contributed by atoms with Crippen LogP contribution in [0.3, 0.4) is 0 Å². The lowest BCUT2D eigenvalue weighted by Crippen LogP contribution is -2.27. The van der Waals surface area contributed by atoms with Crippen molar-refractivity contribution in [2.75, 3.05) is 20.3 Å². The quantitative estimate of drug-likeness (QED) is 0.753. The Kier molecular flexibility index (Phi) is 6.22. The molecule has 0 saturated carbocycles. The van der Waals surface area contributed by atoms with Gasteiger partial charge in [0.25, 0.3) is 0 Å². The minimum absolute atomic E-state index is 0.122. The molecule has 1 rings (SSSR count). The number of esters is 1. The lowest BCUT2D eigenvalue weighted by molar-refractivity contribution is -0.147. The maximum absolute atomic E-state index is 11.4. The van der Waals surface area contributed by atoms with E-state index >= 15 is 0 Å². The molecule has 100 valence electrons. The van der Waals surface area contributed by atoms with E-state index in [0.29, 0.717) is 13.2 Å². The van der Waals surface area contributed by atoms with E-state index in [2.05, 4.69) is 5.32 Å². The third kappa shape index (κ3) is 4.75. The SMILES string of the molecule is CCOC(=O)C(C)CNCc1ccc(OC)cc1. The van der Waals surface area contributed by atoms with Crippen molar-refractivity contribution in [2.24, 2.45) is 5.92 Å². The van der Waals surface area contributed by atoms with Gasteiger partial charge in [0.05, 0.1) is 19.6 Å². The summed E-state index contributed by atoms with van der Waals surface area (Å²) in [5.41, 5.74) is 1.16. The van der Waals surface area contributed by atoms with E-state index in [1.807, 2.05) is 38.1 Å². The molecule has 1 atom stereocenters. The highest BCUT2D eigenvalue weighted by atomic mass is 16.5. The Morgan fingerprint density at radius 2 is 2.00 bits per heavy atom. The second kappa shape index (κ2) is 7.71. The van der Waals surface area contributed by atoms with Crippen LogP contribution in [0.1, 0.15) is 19.4 Å². The van der Waals surface area contributed by atoms with E-state index in [-0.39, 0.29) is 11.9 Å². The highest BCUT2D eigenvalue weighted by molar-refractivity contribution is 5.72. The van der Waals surface area contributed by atoms with Crippen molar-refractivity contribution < 1.29 is 14.3 Å². The first kappa shape index (κ1) is 14.5. The molecule has 0 saturated heterocycles. The summed E-state index contributed by atoms with van der Waals surface area (Å²) in [7, 11) is 1.65. The van der Waals surface area contributed by atoms with E-state index in [1.165, 1.54) is 0 Å². The summed E-state index contributed by atoms with van der Waals surface area (Å²) in [5.74, 6) is 0.571. The number of hydrogen-bond acceptors (Lipinski definition) is 4. The van der Waals surface area contributed by atoms with Crippen LogP contribution in [-0.2, 0) is 16.1 Å². The van der Waals surface area contributed by atoms with Crippen molar-refractivity contribution in [1.29, 1.82) is 0 Å². The second-order valence-electron chi connectivity index (χ2n) is 4.13. The van der Waals surface area contributed by atoms with Crippen molar-refractivity contribution in [1.82, 2.24) is 5.32 Å². The van der Waals surface area contributed by atoms with Gasteiger partial charge in [0.15, 0.2) is 0 Å². The zero-order valence-electron chi connectivity index (χ0n) is 11.2. The predicted molar refractivity (Wildman–Crippen MR) is 70.5 cm³/mol. The Morgan fingerprint density at radius 1 is 1.33 bits per heavy atom. The number of benzene rings is 1. The third-order valence-electron chi connectivity index (χ3n) is 2.63. The van der Waals surface area contributed by atoms with Gasteiger partial charge in [-0.05, 0) is 24.6 Å². The van der Waals surface area contributed by atoms with Crippen molar-refractivity contribution in [3.63, 3.8) is 0 Å². The summed E-state index contributed by atoms with van der Waals surface area (Å²) in [6, 6.07) is 7.85. The first-order chi connectivity index (χ1) is 8.67. The molecular formula is C14H21NO3. The van der Waals surface area contributed by atoms with Gasteiger partial charge in [-0.2, -0.15) is 0 Å². The van der Waals surface area contributed by atoms with Crippen molar-refractivity contribution >= 4 is 5.97 Å². The molecule has 4 nitrogen and oxygen atoms in total. The molecule has 0 aliphatic carbocycles. The van der Waals surface area contributed by atoms with Gasteiger partial charge < -0.3 is 14.8 Å². The summed E-state index contributed by atoms with van der Waals surface area (Å²) in [6.07, 6.45) is 0. The Bertz CT molecular complexity index is 362. The van der Waals surface area contributed by atoms with Gasteiger partial charge in [0.1, 0.15) is 5.75 Å². The molecule has 4 heteroatoms. The van der Waals surface area contributed by atoms with Crippen molar-refractivity contribution in [3.8, 4) is 5.75 Å². The van der Waals surface area contributed by atoms with Crippen LogP contribution >= 0.6 is 0 Å². The predicted octanol–water partition coefficient (Wildman–Crippen LogP) is 1.98. The van der Waals surface area contributed by atoms with Crippen LogP contribution in [0, 0.1) is 5.92 Å². The van der Waals surface area contributed by atoms with Gasteiger partial charge in [-0.1, -0.05) is 19.1 Å². The number of rotatable bonds is 7. The fourth-order valence-electron chi connectivity index (χ4n) is 1.54. The zero-order valence-corrected chi connectivity index (χ0v) is 11.2. The maximum Gasteiger partial charge on any atom is 0.309 e. The van der Waals surface area contributed by atoms with Gasteiger partial charge in [-0.3, -0.25) is 4.79 Å². The first-order valence-corrected chi connectivity index (χ1v) is 6.17. The molecule has 1 N–H and O–H groups in total. The van der Waals surface area contributed by atoms with Crippen LogP contribution in [0.25, 0.3) is 0 Å². The summed E-state index contributed by atoms with van der Waals surface area (Å²) in [6.45, 7) is 5.45. The van der Waals surface area contributed by atoms with Gasteiger partial charge in [-0.15, -0.1) is 0 Å². The molecule has 0 bridgehead atoms. The molecule has 0 aliphatic heterocycles. The van der Waals surface area contributed by atoms with E-state index < -0.39 is 0 Å². The first-order valence-electron chi connectivity index (χ1n) is 6.17. The highest BCUT2D eigenvalue weighted by Gasteiger charge is 2.12. The molecule has 0 amide bonds. The van der Waals surface area contributed by atoms with Crippen molar-refractivity contribution in [2.45, 2.75) is 20.4 Å². The highest BCUT2D eigenvalue weighted by Crippen LogP contribution is 2.11. The molecule has 0 spiro atoms. The monoisotopic (exact) mass is 251 g/mol. The van der Waals surface area contributed by atoms with Crippen LogP contribution in [0.5, 0.6) is 5.75 Å². The van der Waals surface area contributed by atoms with E-state index in [1.54, 1.807) is 7.11 Å². The lowest BCUT2D eigenvalue weighted by Gasteiger charge is -2.11. The number of carbonyl (C=O) groups excluding carboxylic acids is 1. The minimum Gasteiger partial charge on any atom is -0.497 e. The van der Waals surface area contributed by atoms with Gasteiger partial charge in [0.2, 0.25) is 0 Å². The largest absolute Gasteiger partial charge is 0.497 e. The number of nitrogens with one attached hydrogen (secondary N) is 1. The van der Waals surface area contributed by atoms with Crippen LogP contribution in [0.2, 0.25) is 0 Å². The van der Waals surface area contributed by atoms with Gasteiger partial charge in [-0.25, -0.2) is 0 Å². The molecular weight excluding hydrogens is 230 g/mol. The summed E-state index contributed by atoms with van der Waals surface area (Å²) in [4.78, 5) is 11.4. The topological polar surface area (TPSA) is 47.6 Å². The Hall–Kier alpha value is -1.55. The van der Waals surface area contributed by atoms with Crippen molar-refractivity contribution in [3.05, 3.63) is 29.8 Å². The summed E-state index contributed by atoms with van der Waals surface area (Å²) in [5, 5.41) is 3.24. The molecule has 0 aromatic heterocycles. The molecule has 1 aromatic rings. The number of ether oxygens (including phenoxy) is 2. The smallest absolute Gasteiger partial charge is 0.309 e. The summed E-state index contributed by atoms with van der Waals surface area (Å²) < 4.78 is 10.0. The third-order valence-corrected chi connectivity index (χ3v) is 2.63. The number of hydrogen-bond donors (Lipinski definition) is 1. The minimum atomic E-state index is -0.153. The Balaban J connectivity index is 2.30. The molecule has 0 radical (unpaired) electrons. The molecule has 0 aliphatic rings. The fourth-order valence-corrected chi connectivity index (χ4v) is 1.54. The van der Waals surface area contributed by atoms with E-state index in [4.69, 9.17) is 9.47 Å². The lowest BCUT2D eigenvalue weighted by atomic mass is 10.1. The van der Waals surface area contributed by atoms with Crippen LogP contribution in [-0.4, -0.2) is 26.2 Å². The second-order valence-corrected chi connectivity index (χ2v) is 4.13. The van der Waals surface area contributed by atoms with Gasteiger partial charge >= 0.3 is 5.97 Å². The Labute approximate surface area is 108 Å². The average Bonchev–Trinajstić information content (AvgIpc) is 2.39. The zero-order chi connectivity index (χ0) is 13.4. The van der Waals surface area contributed by atoms with E-state index in [0.717, 1.165) is 17.9 Å². The normalized spacial score (nSPS) is 11.9. The number of carbonyl (C=O) groups is 1. The van der Waals surface area contributed by atoms with E-state index in [9.17, 15) is 4.79 Å². The average molecular weight is 251 g/mol. The molecule has 0 heterocycles. The van der Waals surface area contributed by atoms with Crippen LogP contribution in [0.4, 0.5) is 0 Å². The van der Waals surface area contributed by atoms with Crippen LogP contribution < -0.4 is 10.1 Å². The Morgan fingerprint density at radius 3 is 2.56 bits per heavy atom. The molecule has 1 unspecified atom stereocenters. The van der Waals surface area contributed by atoms with Gasteiger partial charge in [0, 0.05) is 13.1 Å². The molecule has 0 fully saturated rings. The number of methoxy groups -OCH3 is 1. The fraction of sp³-hybridized carbons (Fsp3) is 0.500. The maximum atomic E-state index is 11.4. The summed E-state index contributed by atoms with van der Waals surface area (Å²) >= 11 is 0. The molecule has 18 heavy (non-hydrogen) atoms.